The zero-order valence-corrected chi connectivity index (χ0v) is 18.3. The van der Waals surface area contributed by atoms with Crippen LogP contribution in [0.15, 0.2) is 76.1 Å². The summed E-state index contributed by atoms with van der Waals surface area (Å²) in [4.78, 5) is 26.3. The van der Waals surface area contributed by atoms with Gasteiger partial charge in [0.25, 0.3) is 5.91 Å². The molecule has 6 rings (SSSR count). The Balaban J connectivity index is 1.15. The highest BCUT2D eigenvalue weighted by atomic mass is 19.1. The lowest BCUT2D eigenvalue weighted by molar-refractivity contribution is 0.0554. The van der Waals surface area contributed by atoms with E-state index >= 15 is 0 Å². The Hall–Kier alpha value is -4.04. The quantitative estimate of drug-likeness (QED) is 0.513. The number of hydrogen-bond acceptors (Lipinski definition) is 6. The summed E-state index contributed by atoms with van der Waals surface area (Å²) in [5.74, 6) is 0.203. The van der Waals surface area contributed by atoms with E-state index in [1.54, 1.807) is 18.2 Å². The molecule has 34 heavy (non-hydrogen) atoms. The predicted molar refractivity (Wildman–Crippen MR) is 125 cm³/mol. The number of carbonyl (C=O) groups is 1. The monoisotopic (exact) mass is 455 g/mol. The molecular weight excluding hydrogens is 433 g/mol. The van der Waals surface area contributed by atoms with Gasteiger partial charge in [-0.1, -0.05) is 18.2 Å². The van der Waals surface area contributed by atoms with Crippen LogP contribution in [-0.2, 0) is 0 Å². The maximum absolute atomic E-state index is 13.6. The summed E-state index contributed by atoms with van der Waals surface area (Å²) in [7, 11) is 0. The first-order valence-corrected chi connectivity index (χ1v) is 11.2. The number of amides is 1. The van der Waals surface area contributed by atoms with Crippen molar-refractivity contribution in [2.45, 2.75) is 6.29 Å². The van der Waals surface area contributed by atoms with Gasteiger partial charge < -0.3 is 14.6 Å². The van der Waals surface area contributed by atoms with Crippen molar-refractivity contribution < 1.29 is 13.6 Å². The molecule has 0 radical (unpaired) electrons. The summed E-state index contributed by atoms with van der Waals surface area (Å²) in [6.07, 6.45) is 1.59. The van der Waals surface area contributed by atoms with Crippen molar-refractivity contribution in [3.63, 3.8) is 0 Å². The summed E-state index contributed by atoms with van der Waals surface area (Å²) in [5, 5.41) is 4.77. The van der Waals surface area contributed by atoms with Crippen LogP contribution in [0.25, 0.3) is 28.8 Å². The number of nitrogens with one attached hydrogen (secondary N) is 1. The van der Waals surface area contributed by atoms with Gasteiger partial charge in [-0.3, -0.25) is 9.69 Å². The van der Waals surface area contributed by atoms with E-state index < -0.39 is 0 Å². The molecule has 2 aliphatic heterocycles. The number of rotatable bonds is 3. The molecular formula is C26H22FN5O2. The van der Waals surface area contributed by atoms with E-state index in [0.717, 1.165) is 16.3 Å². The van der Waals surface area contributed by atoms with Crippen molar-refractivity contribution in [2.24, 2.45) is 4.99 Å². The smallest absolute Gasteiger partial charge is 0.254 e. The maximum atomic E-state index is 13.6. The van der Waals surface area contributed by atoms with Gasteiger partial charge in [0.05, 0.1) is 5.36 Å². The molecule has 1 unspecified atom stereocenters. The van der Waals surface area contributed by atoms with Crippen molar-refractivity contribution in [3.05, 3.63) is 88.7 Å². The molecule has 2 aliphatic rings. The van der Waals surface area contributed by atoms with E-state index in [-0.39, 0.29) is 18.0 Å². The van der Waals surface area contributed by atoms with Crippen LogP contribution < -0.4 is 15.9 Å². The maximum Gasteiger partial charge on any atom is 0.254 e. The second kappa shape index (κ2) is 8.39. The number of benzene rings is 3. The number of carbonyl (C=O) groups excluding carboxylic acids is 1. The number of hydrogen-bond donors (Lipinski definition) is 1. The zero-order chi connectivity index (χ0) is 23.1. The van der Waals surface area contributed by atoms with Gasteiger partial charge in [-0.05, 0) is 48.5 Å². The molecule has 1 amide bonds. The number of piperazine rings is 1. The van der Waals surface area contributed by atoms with Crippen LogP contribution in [0, 0.1) is 5.82 Å². The van der Waals surface area contributed by atoms with Gasteiger partial charge in [-0.2, -0.15) is 0 Å². The Bertz CT molecular complexity index is 1490. The molecule has 1 aromatic heterocycles. The van der Waals surface area contributed by atoms with Crippen molar-refractivity contribution in [3.8, 4) is 11.5 Å². The largest absolute Gasteiger partial charge is 0.436 e. The van der Waals surface area contributed by atoms with E-state index in [1.165, 1.54) is 12.1 Å². The summed E-state index contributed by atoms with van der Waals surface area (Å²) in [6.45, 7) is 2.47. The zero-order valence-electron chi connectivity index (χ0n) is 18.3. The fourth-order valence-corrected chi connectivity index (χ4v) is 4.39. The Morgan fingerprint density at radius 2 is 1.82 bits per heavy atom. The van der Waals surface area contributed by atoms with Crippen molar-refractivity contribution in [1.82, 2.24) is 20.1 Å². The summed E-state index contributed by atoms with van der Waals surface area (Å²) in [6, 6.07) is 19.7. The fourth-order valence-electron chi connectivity index (χ4n) is 4.39. The Kier molecular flexibility index (Phi) is 5.07. The lowest BCUT2D eigenvalue weighted by Crippen LogP contribution is -2.56. The molecule has 7 nitrogen and oxygen atoms in total. The van der Waals surface area contributed by atoms with Gasteiger partial charge in [0.15, 0.2) is 11.9 Å². The van der Waals surface area contributed by atoms with Gasteiger partial charge in [-0.15, -0.1) is 0 Å². The van der Waals surface area contributed by atoms with E-state index in [9.17, 15) is 9.18 Å². The third-order valence-electron chi connectivity index (χ3n) is 6.25. The second-order valence-corrected chi connectivity index (χ2v) is 8.41. The molecule has 170 valence electrons. The number of fused-ring (bicyclic) bond motifs is 2. The minimum absolute atomic E-state index is 0.0354. The van der Waals surface area contributed by atoms with E-state index in [0.29, 0.717) is 48.6 Å². The number of aromatic nitrogens is 1. The highest BCUT2D eigenvalue weighted by Gasteiger charge is 2.27. The van der Waals surface area contributed by atoms with Crippen LogP contribution in [0.2, 0.25) is 0 Å². The predicted octanol–water partition coefficient (Wildman–Crippen LogP) is 2.34. The molecule has 0 bridgehead atoms. The molecule has 0 saturated carbocycles. The van der Waals surface area contributed by atoms with Crippen molar-refractivity contribution in [2.75, 3.05) is 26.2 Å². The second-order valence-electron chi connectivity index (χ2n) is 8.41. The van der Waals surface area contributed by atoms with Gasteiger partial charge in [-0.25, -0.2) is 14.4 Å². The van der Waals surface area contributed by atoms with E-state index in [4.69, 9.17) is 4.42 Å². The average molecular weight is 455 g/mol. The van der Waals surface area contributed by atoms with Crippen molar-refractivity contribution >= 4 is 23.2 Å². The molecule has 4 aromatic rings. The highest BCUT2D eigenvalue weighted by Crippen LogP contribution is 2.25. The molecule has 1 atom stereocenters. The van der Waals surface area contributed by atoms with E-state index in [2.05, 4.69) is 20.2 Å². The normalized spacial score (nSPS) is 18.0. The fraction of sp³-hybridized carbons (Fsp3) is 0.192. The first kappa shape index (κ1) is 20.6. The average Bonchev–Trinajstić information content (AvgIpc) is 3.32. The highest BCUT2D eigenvalue weighted by molar-refractivity contribution is 5.97. The lowest BCUT2D eigenvalue weighted by atomic mass is 10.1. The molecule has 1 fully saturated rings. The Morgan fingerprint density at radius 1 is 1.00 bits per heavy atom. The molecule has 0 aliphatic carbocycles. The number of nitrogens with zero attached hydrogens (tertiary/aromatic N) is 4. The van der Waals surface area contributed by atoms with Gasteiger partial charge in [0, 0.05) is 48.7 Å². The molecule has 3 heterocycles. The van der Waals surface area contributed by atoms with E-state index in [1.807, 2.05) is 47.5 Å². The molecule has 3 aromatic carbocycles. The Labute approximate surface area is 194 Å². The van der Waals surface area contributed by atoms with Crippen LogP contribution in [0.3, 0.4) is 0 Å². The van der Waals surface area contributed by atoms with Gasteiger partial charge in [0.2, 0.25) is 5.89 Å². The summed E-state index contributed by atoms with van der Waals surface area (Å²) < 4.78 is 19.5. The first-order chi connectivity index (χ1) is 16.6. The molecule has 0 spiro atoms. The third kappa shape index (κ3) is 3.82. The van der Waals surface area contributed by atoms with Gasteiger partial charge in [0.1, 0.15) is 11.3 Å². The standard InChI is InChI=1S/C26H22FN5O2/c27-20-8-6-19-16-28-26(30-22(19)15-20)32-12-10-31(11-13-32)25(33)18-7-9-21-23(14-18)34-24(29-21)17-4-2-1-3-5-17/h1-9,14-16,26,28H,10-13H2. The van der Waals surface area contributed by atoms with Gasteiger partial charge >= 0.3 is 0 Å². The number of oxazole rings is 1. The summed E-state index contributed by atoms with van der Waals surface area (Å²) in [5.41, 5.74) is 2.79. The molecule has 8 heteroatoms. The third-order valence-corrected chi connectivity index (χ3v) is 6.25. The first-order valence-electron chi connectivity index (χ1n) is 11.2. The molecule has 1 N–H and O–H groups in total. The minimum atomic E-state index is -0.299. The SMILES string of the molecule is O=C(c1ccc2nc(-c3ccccc3)oc2c1)N1CCN(C2N=c3cc(F)ccc3=CN2)CC1. The lowest BCUT2D eigenvalue weighted by Gasteiger charge is -2.38. The topological polar surface area (TPSA) is 74.0 Å². The van der Waals surface area contributed by atoms with Crippen LogP contribution >= 0.6 is 0 Å². The van der Waals surface area contributed by atoms with Crippen LogP contribution in [-0.4, -0.2) is 53.2 Å². The van der Waals surface area contributed by atoms with Crippen LogP contribution in [0.1, 0.15) is 10.4 Å². The minimum Gasteiger partial charge on any atom is -0.436 e. The van der Waals surface area contributed by atoms with Crippen LogP contribution in [0.4, 0.5) is 4.39 Å². The summed E-state index contributed by atoms with van der Waals surface area (Å²) >= 11 is 0. The van der Waals surface area contributed by atoms with Crippen LogP contribution in [0.5, 0.6) is 0 Å². The van der Waals surface area contributed by atoms with Crippen molar-refractivity contribution in [1.29, 1.82) is 0 Å². The Morgan fingerprint density at radius 3 is 2.65 bits per heavy atom. The number of halogens is 1. The molecule has 1 saturated heterocycles.